The van der Waals surface area contributed by atoms with Gasteiger partial charge in [-0.1, -0.05) is 49.0 Å². The number of benzene rings is 1. The molecule has 0 saturated carbocycles. The van der Waals surface area contributed by atoms with Gasteiger partial charge in [0.2, 0.25) is 5.16 Å². The molecule has 4 unspecified atom stereocenters. The fourth-order valence-corrected chi connectivity index (χ4v) is 6.78. The number of nitrogens with zero attached hydrogens (tertiary/aromatic N) is 4. The van der Waals surface area contributed by atoms with Crippen molar-refractivity contribution < 1.29 is 29.3 Å². The molecule has 0 bridgehead atoms. The minimum Gasteiger partial charge on any atom is -0.481 e. The third-order valence-electron chi connectivity index (χ3n) is 5.97. The van der Waals surface area contributed by atoms with Gasteiger partial charge >= 0.3 is 5.97 Å². The molecule has 176 valence electrons. The molecule has 2 saturated heterocycles. The molecule has 2 aromatic rings. The van der Waals surface area contributed by atoms with Crippen LogP contribution >= 0.6 is 23.5 Å². The summed E-state index contributed by atoms with van der Waals surface area (Å²) >= 11 is 2.35. The van der Waals surface area contributed by atoms with Gasteiger partial charge in [0.15, 0.2) is 6.10 Å². The predicted molar refractivity (Wildman–Crippen MR) is 117 cm³/mol. The van der Waals surface area contributed by atoms with Crippen molar-refractivity contribution >= 4 is 41.3 Å². The molecule has 4 N–H and O–H groups in total. The van der Waals surface area contributed by atoms with Crippen LogP contribution in [0.15, 0.2) is 35.5 Å². The number of H-pyrrole nitrogens is 1. The minimum atomic E-state index is -1.69. The molecule has 12 nitrogen and oxygen atoms in total. The van der Waals surface area contributed by atoms with Gasteiger partial charge in [0, 0.05) is 24.7 Å². The highest BCUT2D eigenvalue weighted by atomic mass is 32.2. The van der Waals surface area contributed by atoms with Crippen molar-refractivity contribution in [1.82, 2.24) is 30.8 Å². The van der Waals surface area contributed by atoms with E-state index < -0.39 is 45.7 Å². The molecular formula is C19H22N6O6S2. The van der Waals surface area contributed by atoms with Gasteiger partial charge in [0.1, 0.15) is 10.8 Å². The molecular weight excluding hydrogens is 472 g/mol. The summed E-state index contributed by atoms with van der Waals surface area (Å²) in [7, 11) is 1.29. The van der Waals surface area contributed by atoms with Crippen molar-refractivity contribution in [3.63, 3.8) is 0 Å². The second kappa shape index (κ2) is 8.93. The SMILES string of the molecule is COC1(NC(=O)C(O)c2ccccc2)C(=O)N2CC(C(=O)O)(C(C)Sc3nn[nH]n3)CS[C@@H]21. The maximum atomic E-state index is 13.1. The van der Waals surface area contributed by atoms with Gasteiger partial charge in [-0.3, -0.25) is 14.4 Å². The highest BCUT2D eigenvalue weighted by molar-refractivity contribution is 8.01. The number of aliphatic hydroxyl groups is 1. The maximum Gasteiger partial charge on any atom is 0.313 e. The Morgan fingerprint density at radius 3 is 2.73 bits per heavy atom. The van der Waals surface area contributed by atoms with Gasteiger partial charge in [0.25, 0.3) is 17.5 Å². The lowest BCUT2D eigenvalue weighted by Gasteiger charge is -2.59. The number of rotatable bonds is 8. The van der Waals surface area contributed by atoms with Gasteiger partial charge in [-0.2, -0.15) is 5.21 Å². The number of nitrogens with one attached hydrogen (secondary N) is 2. The highest BCUT2D eigenvalue weighted by Crippen LogP contribution is 2.51. The first-order chi connectivity index (χ1) is 15.7. The first-order valence-corrected chi connectivity index (χ1v) is 11.8. The number of hydrogen-bond donors (Lipinski definition) is 4. The Bertz CT molecular complexity index is 1040. The summed E-state index contributed by atoms with van der Waals surface area (Å²) in [6.45, 7) is 1.66. The van der Waals surface area contributed by atoms with Crippen LogP contribution in [0.5, 0.6) is 0 Å². The molecule has 2 amide bonds. The topological polar surface area (TPSA) is 171 Å². The summed E-state index contributed by atoms with van der Waals surface area (Å²) in [5.41, 5.74) is -2.60. The van der Waals surface area contributed by atoms with E-state index in [0.29, 0.717) is 10.7 Å². The first kappa shape index (κ1) is 23.5. The van der Waals surface area contributed by atoms with E-state index in [1.54, 1.807) is 37.3 Å². The Hall–Kier alpha value is -2.68. The van der Waals surface area contributed by atoms with Gasteiger partial charge < -0.3 is 25.2 Å². The van der Waals surface area contributed by atoms with Crippen LogP contribution in [0.25, 0.3) is 0 Å². The van der Waals surface area contributed by atoms with E-state index in [9.17, 15) is 24.6 Å². The van der Waals surface area contributed by atoms with Crippen LogP contribution in [0.4, 0.5) is 0 Å². The summed E-state index contributed by atoms with van der Waals surface area (Å²) in [6.07, 6.45) is -1.49. The lowest BCUT2D eigenvalue weighted by molar-refractivity contribution is -0.201. The number of aliphatic carboxylic acids is 1. The molecule has 33 heavy (non-hydrogen) atoms. The molecule has 2 aliphatic heterocycles. The summed E-state index contributed by atoms with van der Waals surface area (Å²) in [4.78, 5) is 39.6. The van der Waals surface area contributed by atoms with Crippen molar-refractivity contribution in [2.45, 2.75) is 34.5 Å². The zero-order valence-corrected chi connectivity index (χ0v) is 19.3. The summed E-state index contributed by atoms with van der Waals surface area (Å²) in [5, 5.41) is 35.7. The molecule has 14 heteroatoms. The Morgan fingerprint density at radius 1 is 1.39 bits per heavy atom. The van der Waals surface area contributed by atoms with Gasteiger partial charge in [-0.15, -0.1) is 22.0 Å². The lowest BCUT2D eigenvalue weighted by Crippen LogP contribution is -2.83. The number of tetrazole rings is 1. The second-order valence-corrected chi connectivity index (χ2v) is 10.1. The number of carbonyl (C=O) groups is 3. The van der Waals surface area contributed by atoms with E-state index in [1.165, 1.54) is 23.8 Å². The van der Waals surface area contributed by atoms with Crippen LogP contribution in [0.1, 0.15) is 18.6 Å². The number of thioether (sulfide) groups is 2. The number of carboxylic acid groups (broad SMARTS) is 1. The molecule has 1 aromatic heterocycles. The molecule has 2 fully saturated rings. The van der Waals surface area contributed by atoms with Crippen molar-refractivity contribution in [2.75, 3.05) is 19.4 Å². The zero-order chi connectivity index (χ0) is 23.8. The van der Waals surface area contributed by atoms with E-state index in [4.69, 9.17) is 4.74 Å². The number of carbonyl (C=O) groups excluding carboxylic acids is 2. The van der Waals surface area contributed by atoms with Gasteiger partial charge in [0.05, 0.1) is 0 Å². The van der Waals surface area contributed by atoms with Gasteiger partial charge in [-0.25, -0.2) is 0 Å². The van der Waals surface area contributed by atoms with Crippen LogP contribution in [-0.4, -0.2) is 89.3 Å². The summed E-state index contributed by atoms with van der Waals surface area (Å²) in [5.74, 6) is -2.25. The van der Waals surface area contributed by atoms with E-state index in [1.807, 2.05) is 0 Å². The van der Waals surface area contributed by atoms with Crippen molar-refractivity contribution in [2.24, 2.45) is 5.41 Å². The number of ether oxygens (including phenoxy) is 1. The number of carboxylic acids is 1. The number of aliphatic hydroxyl groups excluding tert-OH is 1. The first-order valence-electron chi connectivity index (χ1n) is 9.91. The highest BCUT2D eigenvalue weighted by Gasteiger charge is 2.68. The molecule has 0 spiro atoms. The average Bonchev–Trinajstić information content (AvgIpc) is 3.34. The predicted octanol–water partition coefficient (Wildman–Crippen LogP) is -0.141. The largest absolute Gasteiger partial charge is 0.481 e. The van der Waals surface area contributed by atoms with E-state index in [-0.39, 0.29) is 12.3 Å². The van der Waals surface area contributed by atoms with E-state index in [0.717, 1.165) is 11.8 Å². The summed E-state index contributed by atoms with van der Waals surface area (Å²) < 4.78 is 5.45. The molecule has 3 heterocycles. The van der Waals surface area contributed by atoms with Crippen LogP contribution in [0.3, 0.4) is 0 Å². The molecule has 0 radical (unpaired) electrons. The molecule has 0 aliphatic carbocycles. The minimum absolute atomic E-state index is 0.0763. The van der Waals surface area contributed by atoms with Crippen LogP contribution in [0, 0.1) is 5.41 Å². The summed E-state index contributed by atoms with van der Waals surface area (Å²) in [6, 6.07) is 8.31. The van der Waals surface area contributed by atoms with Crippen molar-refractivity contribution in [3.05, 3.63) is 35.9 Å². The normalized spacial score (nSPS) is 28.4. The third-order valence-corrected chi connectivity index (χ3v) is 8.74. The Labute approximate surface area is 196 Å². The van der Waals surface area contributed by atoms with E-state index >= 15 is 0 Å². The maximum absolute atomic E-state index is 13.1. The molecule has 5 atom stereocenters. The smallest absolute Gasteiger partial charge is 0.313 e. The van der Waals surface area contributed by atoms with Crippen LogP contribution < -0.4 is 5.32 Å². The molecule has 2 aliphatic rings. The van der Waals surface area contributed by atoms with Crippen LogP contribution in [0.2, 0.25) is 0 Å². The monoisotopic (exact) mass is 494 g/mol. The van der Waals surface area contributed by atoms with E-state index in [2.05, 4.69) is 25.9 Å². The number of fused-ring (bicyclic) bond motifs is 1. The number of amides is 2. The number of aromatic amines is 1. The quantitative estimate of drug-likeness (QED) is 0.219. The van der Waals surface area contributed by atoms with Crippen molar-refractivity contribution in [3.8, 4) is 0 Å². The van der Waals surface area contributed by atoms with Gasteiger partial charge in [-0.05, 0) is 10.8 Å². The number of hydrogen-bond acceptors (Lipinski definition) is 10. The Morgan fingerprint density at radius 2 is 2.12 bits per heavy atom. The fourth-order valence-electron chi connectivity index (χ4n) is 3.93. The fraction of sp³-hybridized carbons (Fsp3) is 0.474. The number of β-lactam (4-membered cyclic amide) rings is 1. The molecule has 4 rings (SSSR count). The van der Waals surface area contributed by atoms with Crippen LogP contribution in [-0.2, 0) is 19.1 Å². The second-order valence-electron chi connectivity index (χ2n) is 7.75. The number of methoxy groups -OCH3 is 1. The third kappa shape index (κ3) is 3.86. The lowest BCUT2D eigenvalue weighted by atomic mass is 9.83. The average molecular weight is 495 g/mol. The molecule has 1 aromatic carbocycles. The Balaban J connectivity index is 1.51. The number of aromatic nitrogens is 4. The Kier molecular flexibility index (Phi) is 6.35. The van der Waals surface area contributed by atoms with Crippen molar-refractivity contribution in [1.29, 1.82) is 0 Å². The zero-order valence-electron chi connectivity index (χ0n) is 17.7. The standard InChI is InChI=1S/C19H22N6O6S2/c1-10(33-17-21-23-24-22-17)18(16(29)30)8-25-14(28)19(31-2,15(25)32-9-18)20-13(27)12(26)11-6-4-3-5-7-11/h3-7,10,12,15,26H,8-9H2,1-2H3,(H,20,27)(H,29,30)(H,21,22,23,24)/t10?,12?,15-,18?,19?/m1/s1.